The Morgan fingerprint density at radius 3 is 2.09 bits per heavy atom. The van der Waals surface area contributed by atoms with Crippen molar-refractivity contribution in [3.8, 4) is 5.75 Å². The number of nitrogens with zero attached hydrogens (tertiary/aromatic N) is 1. The van der Waals surface area contributed by atoms with E-state index in [2.05, 4.69) is 0 Å². The summed E-state index contributed by atoms with van der Waals surface area (Å²) < 4.78 is 17.2. The summed E-state index contributed by atoms with van der Waals surface area (Å²) in [5, 5.41) is 0.440. The molecule has 0 atom stereocenters. The molecule has 0 aliphatic carbocycles. The second-order valence-corrected chi connectivity index (χ2v) is 7.28. The van der Waals surface area contributed by atoms with Crippen LogP contribution in [-0.2, 0) is 30.4 Å². The lowest BCUT2D eigenvalue weighted by molar-refractivity contribution is -0.186. The molecule has 3 rings (SSSR count). The SMILES string of the molecule is CC(=O)Oc1c(C(OC(C)=O)OC(C)=O)c(=O)n(Cc2ccccc2)c2ccc(C)cc12. The highest BCUT2D eigenvalue weighted by Gasteiger charge is 2.31. The quantitative estimate of drug-likeness (QED) is 0.430. The second-order valence-electron chi connectivity index (χ2n) is 7.28. The van der Waals surface area contributed by atoms with Gasteiger partial charge in [-0.2, -0.15) is 0 Å². The summed E-state index contributed by atoms with van der Waals surface area (Å²) >= 11 is 0. The monoisotopic (exact) mass is 437 g/mol. The first-order valence-corrected chi connectivity index (χ1v) is 9.91. The number of fused-ring (bicyclic) bond motifs is 1. The van der Waals surface area contributed by atoms with Gasteiger partial charge in [-0.1, -0.05) is 42.0 Å². The zero-order chi connectivity index (χ0) is 23.4. The molecule has 0 aliphatic heterocycles. The molecule has 0 saturated heterocycles. The molecule has 8 nitrogen and oxygen atoms in total. The van der Waals surface area contributed by atoms with E-state index in [1.54, 1.807) is 12.1 Å². The first-order chi connectivity index (χ1) is 15.2. The number of hydrogen-bond acceptors (Lipinski definition) is 7. The van der Waals surface area contributed by atoms with Crippen molar-refractivity contribution in [2.45, 2.75) is 40.5 Å². The lowest BCUT2D eigenvalue weighted by atomic mass is 10.1. The van der Waals surface area contributed by atoms with Crippen molar-refractivity contribution in [3.63, 3.8) is 0 Å². The number of ether oxygens (including phenoxy) is 3. The van der Waals surface area contributed by atoms with Gasteiger partial charge in [-0.25, -0.2) is 0 Å². The number of carbonyl (C=O) groups excluding carboxylic acids is 3. The normalized spacial score (nSPS) is 10.8. The topological polar surface area (TPSA) is 101 Å². The average Bonchev–Trinajstić information content (AvgIpc) is 2.70. The van der Waals surface area contributed by atoms with Crippen LogP contribution in [0.15, 0.2) is 53.3 Å². The molecular weight excluding hydrogens is 414 g/mol. The number of esters is 3. The van der Waals surface area contributed by atoms with Crippen LogP contribution in [0.3, 0.4) is 0 Å². The van der Waals surface area contributed by atoms with Crippen molar-refractivity contribution in [2.24, 2.45) is 0 Å². The molecule has 0 bridgehead atoms. The van der Waals surface area contributed by atoms with Gasteiger partial charge in [-0.3, -0.25) is 19.2 Å². The van der Waals surface area contributed by atoms with Crippen LogP contribution in [0.25, 0.3) is 10.9 Å². The van der Waals surface area contributed by atoms with E-state index in [1.165, 1.54) is 11.5 Å². The maximum absolute atomic E-state index is 13.7. The third kappa shape index (κ3) is 5.03. The van der Waals surface area contributed by atoms with Gasteiger partial charge < -0.3 is 18.8 Å². The molecule has 0 N–H and O–H groups in total. The summed E-state index contributed by atoms with van der Waals surface area (Å²) in [6, 6.07) is 14.6. The summed E-state index contributed by atoms with van der Waals surface area (Å²) in [4.78, 5) is 49.0. The van der Waals surface area contributed by atoms with Crippen LogP contribution in [0, 0.1) is 6.92 Å². The Morgan fingerprint density at radius 2 is 1.53 bits per heavy atom. The highest BCUT2D eigenvalue weighted by atomic mass is 16.7. The van der Waals surface area contributed by atoms with Crippen molar-refractivity contribution in [1.82, 2.24) is 4.57 Å². The maximum atomic E-state index is 13.7. The molecular formula is C24H23NO7. The summed E-state index contributed by atoms with van der Waals surface area (Å²) in [6.07, 6.45) is -1.68. The van der Waals surface area contributed by atoms with Crippen molar-refractivity contribution < 1.29 is 28.6 Å². The average molecular weight is 437 g/mol. The number of benzene rings is 2. The number of pyridine rings is 1. The van der Waals surface area contributed by atoms with Gasteiger partial charge in [0.25, 0.3) is 11.8 Å². The first-order valence-electron chi connectivity index (χ1n) is 9.91. The molecule has 8 heteroatoms. The Bertz CT molecular complexity index is 1230. The Labute approximate surface area is 184 Å². The standard InChI is InChI=1S/C24H23NO7/c1-14-10-11-20-19(12-14)22(30-15(2)26)21(24(31-16(3)27)32-17(4)28)23(29)25(20)13-18-8-6-5-7-9-18/h5-12,24H,13H2,1-4H3. The van der Waals surface area contributed by atoms with E-state index in [-0.39, 0.29) is 17.9 Å². The van der Waals surface area contributed by atoms with Crippen LogP contribution in [-0.4, -0.2) is 22.5 Å². The lowest BCUT2D eigenvalue weighted by Crippen LogP contribution is -2.31. The van der Waals surface area contributed by atoms with E-state index in [4.69, 9.17) is 14.2 Å². The van der Waals surface area contributed by atoms with E-state index in [0.29, 0.717) is 10.9 Å². The molecule has 0 radical (unpaired) electrons. The molecule has 1 aromatic heterocycles. The van der Waals surface area contributed by atoms with Crippen LogP contribution < -0.4 is 10.3 Å². The number of hydrogen-bond donors (Lipinski definition) is 0. The van der Waals surface area contributed by atoms with Crippen molar-refractivity contribution in [2.75, 3.05) is 0 Å². The summed E-state index contributed by atoms with van der Waals surface area (Å²) in [6.45, 7) is 5.47. The van der Waals surface area contributed by atoms with Gasteiger partial charge in [0.1, 0.15) is 5.56 Å². The molecule has 0 amide bonds. The Hall–Kier alpha value is -3.94. The lowest BCUT2D eigenvalue weighted by Gasteiger charge is -2.22. The van der Waals surface area contributed by atoms with E-state index in [1.807, 2.05) is 43.3 Å². The molecule has 32 heavy (non-hydrogen) atoms. The minimum Gasteiger partial charge on any atom is -0.425 e. The van der Waals surface area contributed by atoms with Crippen molar-refractivity contribution in [3.05, 3.63) is 75.6 Å². The van der Waals surface area contributed by atoms with Gasteiger partial charge in [0.2, 0.25) is 0 Å². The molecule has 1 heterocycles. The van der Waals surface area contributed by atoms with Crippen LogP contribution in [0.5, 0.6) is 5.75 Å². The number of carbonyl (C=O) groups is 3. The van der Waals surface area contributed by atoms with Crippen LogP contribution in [0.1, 0.15) is 43.8 Å². The van der Waals surface area contributed by atoms with Crippen LogP contribution in [0.4, 0.5) is 0 Å². The van der Waals surface area contributed by atoms with Crippen LogP contribution >= 0.6 is 0 Å². The molecule has 0 unspecified atom stereocenters. The number of aromatic nitrogens is 1. The van der Waals surface area contributed by atoms with Gasteiger partial charge in [0, 0.05) is 26.2 Å². The van der Waals surface area contributed by atoms with Crippen LogP contribution in [0.2, 0.25) is 0 Å². The summed E-state index contributed by atoms with van der Waals surface area (Å²) in [5.74, 6) is -2.34. The van der Waals surface area contributed by atoms with Gasteiger partial charge >= 0.3 is 17.9 Å². The fourth-order valence-electron chi connectivity index (χ4n) is 3.39. The third-order valence-electron chi connectivity index (χ3n) is 4.62. The van der Waals surface area contributed by atoms with Gasteiger partial charge in [-0.05, 0) is 24.6 Å². The van der Waals surface area contributed by atoms with E-state index in [0.717, 1.165) is 25.0 Å². The molecule has 0 spiro atoms. The third-order valence-corrected chi connectivity index (χ3v) is 4.62. The molecule has 3 aromatic rings. The largest absolute Gasteiger partial charge is 0.425 e. The molecule has 166 valence electrons. The fraction of sp³-hybridized carbons (Fsp3) is 0.250. The van der Waals surface area contributed by atoms with Crippen molar-refractivity contribution in [1.29, 1.82) is 0 Å². The minimum absolute atomic E-state index is 0.113. The Morgan fingerprint density at radius 1 is 0.906 bits per heavy atom. The highest BCUT2D eigenvalue weighted by molar-refractivity contribution is 5.90. The van der Waals surface area contributed by atoms with E-state index >= 15 is 0 Å². The fourth-order valence-corrected chi connectivity index (χ4v) is 3.39. The highest BCUT2D eigenvalue weighted by Crippen LogP contribution is 2.34. The molecule has 2 aromatic carbocycles. The van der Waals surface area contributed by atoms with E-state index in [9.17, 15) is 19.2 Å². The molecule has 0 saturated carbocycles. The summed E-state index contributed by atoms with van der Waals surface area (Å²) in [5.41, 5.74) is 1.33. The Kier molecular flexibility index (Phi) is 6.73. The maximum Gasteiger partial charge on any atom is 0.308 e. The first kappa shape index (κ1) is 22.7. The number of aryl methyl sites for hydroxylation is 1. The van der Waals surface area contributed by atoms with Gasteiger partial charge in [0.05, 0.1) is 12.1 Å². The molecule has 0 aliphatic rings. The zero-order valence-electron chi connectivity index (χ0n) is 18.2. The predicted octanol–water partition coefficient (Wildman–Crippen LogP) is 3.41. The minimum atomic E-state index is -1.68. The van der Waals surface area contributed by atoms with Gasteiger partial charge in [-0.15, -0.1) is 0 Å². The zero-order valence-corrected chi connectivity index (χ0v) is 18.2. The Balaban J connectivity index is 2.39. The second kappa shape index (κ2) is 9.47. The van der Waals surface area contributed by atoms with Gasteiger partial charge in [0.15, 0.2) is 5.75 Å². The molecule has 0 fully saturated rings. The predicted molar refractivity (Wildman–Crippen MR) is 116 cm³/mol. The summed E-state index contributed by atoms with van der Waals surface area (Å²) in [7, 11) is 0. The van der Waals surface area contributed by atoms with Crippen molar-refractivity contribution >= 4 is 28.8 Å². The van der Waals surface area contributed by atoms with E-state index < -0.39 is 29.8 Å². The number of rotatable bonds is 6. The smallest absolute Gasteiger partial charge is 0.308 e.